The van der Waals surface area contributed by atoms with Crippen LogP contribution in [0.25, 0.3) is 0 Å². The molecule has 0 aliphatic heterocycles. The second kappa shape index (κ2) is 8.11. The number of methoxy groups -OCH3 is 1. The molecule has 4 nitrogen and oxygen atoms in total. The summed E-state index contributed by atoms with van der Waals surface area (Å²) in [6, 6.07) is 3.45. The Bertz CT molecular complexity index is 381. The van der Waals surface area contributed by atoms with Gasteiger partial charge < -0.3 is 10.1 Å². The van der Waals surface area contributed by atoms with E-state index in [0.717, 1.165) is 4.88 Å². The number of ether oxygens (including phenoxy) is 1. The summed E-state index contributed by atoms with van der Waals surface area (Å²) in [4.78, 5) is 23.9. The molecule has 0 fully saturated rings. The Balaban J connectivity index is 2.60. The highest BCUT2D eigenvalue weighted by molar-refractivity contribution is 7.10. The molecule has 0 aliphatic rings. The van der Waals surface area contributed by atoms with Gasteiger partial charge in [-0.05, 0) is 17.9 Å². The highest BCUT2D eigenvalue weighted by Crippen LogP contribution is 2.22. The molecule has 6 heteroatoms. The Hall–Kier alpha value is -1.07. The number of carbonyl (C=O) groups is 2. The van der Waals surface area contributed by atoms with Crippen LogP contribution in [0.3, 0.4) is 0 Å². The Kier molecular flexibility index (Phi) is 6.75. The standard InChI is InChI=1S/C12H16ClNO3S/c1-17-12(16)8-9(10-4-3-7-18-10)14-11(15)5-2-6-13/h3-4,7,9H,2,5-6,8H2,1H3,(H,14,15). The van der Waals surface area contributed by atoms with Gasteiger partial charge in [0, 0.05) is 17.2 Å². The van der Waals surface area contributed by atoms with E-state index >= 15 is 0 Å². The molecular weight excluding hydrogens is 274 g/mol. The first kappa shape index (κ1) is 15.0. The Labute approximate surface area is 115 Å². The molecule has 1 aromatic rings. The van der Waals surface area contributed by atoms with E-state index in [4.69, 9.17) is 11.6 Å². The fourth-order valence-electron chi connectivity index (χ4n) is 1.46. The molecule has 1 N–H and O–H groups in total. The fraction of sp³-hybridized carbons (Fsp3) is 0.500. The molecule has 0 bridgehead atoms. The van der Waals surface area contributed by atoms with E-state index in [-0.39, 0.29) is 24.3 Å². The second-order valence-electron chi connectivity index (χ2n) is 3.71. The van der Waals surface area contributed by atoms with Gasteiger partial charge in [-0.1, -0.05) is 6.07 Å². The highest BCUT2D eigenvalue weighted by atomic mass is 35.5. The minimum atomic E-state index is -0.342. The monoisotopic (exact) mass is 289 g/mol. The van der Waals surface area contributed by atoms with Gasteiger partial charge in [-0.2, -0.15) is 0 Å². The Morgan fingerprint density at radius 1 is 1.56 bits per heavy atom. The van der Waals surface area contributed by atoms with Crippen molar-refractivity contribution in [2.24, 2.45) is 0 Å². The highest BCUT2D eigenvalue weighted by Gasteiger charge is 2.19. The first-order valence-corrected chi connectivity index (χ1v) is 7.04. The summed E-state index contributed by atoms with van der Waals surface area (Å²) in [5.41, 5.74) is 0. The van der Waals surface area contributed by atoms with Crippen molar-refractivity contribution in [1.82, 2.24) is 5.32 Å². The molecule has 0 saturated carbocycles. The van der Waals surface area contributed by atoms with Crippen LogP contribution in [-0.4, -0.2) is 24.9 Å². The van der Waals surface area contributed by atoms with Crippen LogP contribution in [0.4, 0.5) is 0 Å². The Morgan fingerprint density at radius 3 is 2.89 bits per heavy atom. The molecule has 18 heavy (non-hydrogen) atoms. The molecule has 1 aromatic heterocycles. The lowest BCUT2D eigenvalue weighted by molar-refractivity contribution is -0.141. The van der Waals surface area contributed by atoms with Gasteiger partial charge in [0.05, 0.1) is 19.6 Å². The van der Waals surface area contributed by atoms with Crippen molar-refractivity contribution in [3.05, 3.63) is 22.4 Å². The molecule has 1 rings (SSSR count). The maximum Gasteiger partial charge on any atom is 0.307 e. The van der Waals surface area contributed by atoms with E-state index in [9.17, 15) is 9.59 Å². The summed E-state index contributed by atoms with van der Waals surface area (Å²) >= 11 is 7.04. The largest absolute Gasteiger partial charge is 0.469 e. The van der Waals surface area contributed by atoms with Crippen LogP contribution in [0.2, 0.25) is 0 Å². The number of rotatable bonds is 7. The third kappa shape index (κ3) is 5.06. The summed E-state index contributed by atoms with van der Waals surface area (Å²) in [5, 5.41) is 4.74. The van der Waals surface area contributed by atoms with E-state index in [2.05, 4.69) is 10.1 Å². The number of hydrogen-bond donors (Lipinski definition) is 1. The lowest BCUT2D eigenvalue weighted by Crippen LogP contribution is -2.29. The average molecular weight is 290 g/mol. The molecule has 0 spiro atoms. The molecule has 0 aromatic carbocycles. The van der Waals surface area contributed by atoms with Crippen molar-refractivity contribution in [2.75, 3.05) is 13.0 Å². The van der Waals surface area contributed by atoms with Crippen LogP contribution in [-0.2, 0) is 14.3 Å². The van der Waals surface area contributed by atoms with E-state index in [1.165, 1.54) is 18.4 Å². The van der Waals surface area contributed by atoms with Crippen molar-refractivity contribution in [1.29, 1.82) is 0 Å². The van der Waals surface area contributed by atoms with Crippen molar-refractivity contribution in [2.45, 2.75) is 25.3 Å². The second-order valence-corrected chi connectivity index (χ2v) is 5.07. The molecule has 0 aliphatic carbocycles. The zero-order valence-electron chi connectivity index (χ0n) is 10.1. The van der Waals surface area contributed by atoms with Crippen molar-refractivity contribution in [3.63, 3.8) is 0 Å². The van der Waals surface area contributed by atoms with Gasteiger partial charge in [0.1, 0.15) is 0 Å². The third-order valence-corrected chi connectivity index (χ3v) is 3.61. The summed E-state index contributed by atoms with van der Waals surface area (Å²) < 4.78 is 4.63. The van der Waals surface area contributed by atoms with Crippen LogP contribution in [0.5, 0.6) is 0 Å². The van der Waals surface area contributed by atoms with E-state index in [1.54, 1.807) is 0 Å². The van der Waals surface area contributed by atoms with Crippen molar-refractivity contribution < 1.29 is 14.3 Å². The zero-order valence-corrected chi connectivity index (χ0v) is 11.7. The average Bonchev–Trinajstić information content (AvgIpc) is 2.89. The van der Waals surface area contributed by atoms with Gasteiger partial charge in [0.2, 0.25) is 5.91 Å². The number of halogens is 1. The number of alkyl halides is 1. The quantitative estimate of drug-likeness (QED) is 0.620. The van der Waals surface area contributed by atoms with E-state index in [1.807, 2.05) is 17.5 Å². The first-order valence-electron chi connectivity index (χ1n) is 5.63. The zero-order chi connectivity index (χ0) is 13.4. The van der Waals surface area contributed by atoms with Crippen molar-refractivity contribution in [3.8, 4) is 0 Å². The molecule has 1 unspecified atom stereocenters. The maximum absolute atomic E-state index is 11.7. The molecule has 0 radical (unpaired) electrons. The fourth-order valence-corrected chi connectivity index (χ4v) is 2.37. The summed E-state index contributed by atoms with van der Waals surface area (Å²) in [7, 11) is 1.34. The first-order chi connectivity index (χ1) is 8.67. The van der Waals surface area contributed by atoms with Gasteiger partial charge in [0.25, 0.3) is 0 Å². The third-order valence-electron chi connectivity index (χ3n) is 2.36. The number of amides is 1. The number of carbonyl (C=O) groups excluding carboxylic acids is 2. The van der Waals surface area contributed by atoms with Crippen molar-refractivity contribution >= 4 is 34.8 Å². The summed E-state index contributed by atoms with van der Waals surface area (Å²) in [6.07, 6.45) is 1.14. The minimum Gasteiger partial charge on any atom is -0.469 e. The predicted molar refractivity (Wildman–Crippen MR) is 71.8 cm³/mol. The number of hydrogen-bond acceptors (Lipinski definition) is 4. The van der Waals surface area contributed by atoms with Crippen LogP contribution in [0, 0.1) is 0 Å². The normalized spacial score (nSPS) is 11.9. The number of esters is 1. The van der Waals surface area contributed by atoms with E-state index < -0.39 is 0 Å². The topological polar surface area (TPSA) is 55.4 Å². The lowest BCUT2D eigenvalue weighted by atomic mass is 10.1. The summed E-state index contributed by atoms with van der Waals surface area (Å²) in [6.45, 7) is 0. The summed E-state index contributed by atoms with van der Waals surface area (Å²) in [5.74, 6) is 0.0117. The van der Waals surface area contributed by atoms with Crippen LogP contribution in [0.15, 0.2) is 17.5 Å². The molecule has 1 amide bonds. The van der Waals surface area contributed by atoms with Crippen LogP contribution in [0.1, 0.15) is 30.2 Å². The maximum atomic E-state index is 11.7. The lowest BCUT2D eigenvalue weighted by Gasteiger charge is -2.16. The molecule has 0 saturated heterocycles. The number of nitrogens with one attached hydrogen (secondary N) is 1. The van der Waals surface area contributed by atoms with Gasteiger partial charge in [-0.25, -0.2) is 0 Å². The molecule has 1 heterocycles. The Morgan fingerprint density at radius 2 is 2.33 bits per heavy atom. The van der Waals surface area contributed by atoms with Crippen LogP contribution >= 0.6 is 22.9 Å². The molecule has 100 valence electrons. The van der Waals surface area contributed by atoms with E-state index in [0.29, 0.717) is 18.7 Å². The van der Waals surface area contributed by atoms with Gasteiger partial charge >= 0.3 is 5.97 Å². The van der Waals surface area contributed by atoms with Gasteiger partial charge in [-0.15, -0.1) is 22.9 Å². The predicted octanol–water partition coefficient (Wildman–Crippen LogP) is 2.49. The SMILES string of the molecule is COC(=O)CC(NC(=O)CCCCl)c1cccs1. The molecule has 1 atom stereocenters. The van der Waals surface area contributed by atoms with Gasteiger partial charge in [0.15, 0.2) is 0 Å². The molecular formula is C12H16ClNO3S. The smallest absolute Gasteiger partial charge is 0.307 e. The number of thiophene rings is 1. The van der Waals surface area contributed by atoms with Crippen LogP contribution < -0.4 is 5.32 Å². The minimum absolute atomic E-state index is 0.0991. The van der Waals surface area contributed by atoms with Gasteiger partial charge in [-0.3, -0.25) is 9.59 Å².